The summed E-state index contributed by atoms with van der Waals surface area (Å²) in [5.41, 5.74) is 48.5. The van der Waals surface area contributed by atoms with E-state index in [9.17, 15) is 68.1 Å². The molecule has 0 aromatic carbocycles. The molecule has 0 radical (unpaired) electrons. The van der Waals surface area contributed by atoms with Gasteiger partial charge in [-0.2, -0.15) is 0 Å². The number of nitrogens with one attached hydrogen (secondary N) is 6. The number of primary amides is 2. The lowest BCUT2D eigenvalue weighted by Gasteiger charge is -2.28. The van der Waals surface area contributed by atoms with Crippen LogP contribution in [-0.2, 0) is 52.7 Å². The van der Waals surface area contributed by atoms with Crippen molar-refractivity contribution in [2.45, 2.75) is 132 Å². The lowest BCUT2D eigenvalue weighted by molar-refractivity contribution is -0.142. The molecule has 0 aliphatic carbocycles. The van der Waals surface area contributed by atoms with Gasteiger partial charge in [0.05, 0.1) is 19.1 Å². The second-order valence-corrected chi connectivity index (χ2v) is 16.6. The van der Waals surface area contributed by atoms with E-state index in [4.69, 9.17) is 51.6 Å². The van der Waals surface area contributed by atoms with Crippen molar-refractivity contribution < 1.29 is 68.1 Å². The first kappa shape index (κ1) is 62.9. The molecule has 33 heteroatoms. The van der Waals surface area contributed by atoms with E-state index in [1.165, 1.54) is 0 Å². The topological polar surface area (TPSA) is 595 Å². The van der Waals surface area contributed by atoms with Gasteiger partial charge in [-0.1, -0.05) is 0 Å². The average molecular weight is 1040 g/mol. The molecule has 1 fully saturated rings. The summed E-state index contributed by atoms with van der Waals surface area (Å²) in [5, 5.41) is 43.6. The number of hydrogen-bond donors (Lipinski definition) is 18. The van der Waals surface area contributed by atoms with E-state index < -0.39 is 152 Å². The fourth-order valence-corrected chi connectivity index (χ4v) is 7.04. The number of nitrogens with zero attached hydrogens (tertiary/aromatic N) is 4. The maximum Gasteiger partial charge on any atom is 0.326 e. The van der Waals surface area contributed by atoms with Gasteiger partial charge in [0, 0.05) is 39.0 Å². The molecule has 33 nitrogen and oxygen atoms in total. The second kappa shape index (κ2) is 32.7. The Labute approximate surface area is 418 Å². The van der Waals surface area contributed by atoms with Gasteiger partial charge in [0.25, 0.3) is 0 Å². The standard InChI is InChI=1S/C40H71N19O14/c41-19(17-28(43)62)36(71)59-16-4-8-26(59)35(70)58-25(18-60)34(69)54-20(5-1-13-50-38(44)45)30(65)55-22(9-11-27(42)61)32(67)56-23(10-12-29(63)64)33(68)53-21(6-2-14-51-39(46)47)31(66)57-24(37(72)73)7-3-15-52-40(48)49/h19-26,60H,1-18,41H2,(H2,42,61)(H2,43,62)(H,53,68)(H,54,69)(H,55,65)(H,56,67)(H,57,66)(H,58,70)(H,63,64)(H,72,73)(H4,44,45,50)(H4,46,47,51)(H4,48,49,52)/t19-,20-,21-,22-,23-,24-,25-,26-/m0/s1. The van der Waals surface area contributed by atoms with Crippen LogP contribution >= 0.6 is 0 Å². The fourth-order valence-electron chi connectivity index (χ4n) is 7.04. The lowest BCUT2D eigenvalue weighted by atomic mass is 10.0. The third kappa shape index (κ3) is 25.0. The van der Waals surface area contributed by atoms with Crippen LogP contribution in [0.25, 0.3) is 0 Å². The molecule has 0 unspecified atom stereocenters. The van der Waals surface area contributed by atoms with Crippen LogP contribution in [0.5, 0.6) is 0 Å². The first-order valence-electron chi connectivity index (χ1n) is 22.9. The van der Waals surface area contributed by atoms with Gasteiger partial charge in [0.15, 0.2) is 17.9 Å². The molecule has 1 aliphatic heterocycles. The Kier molecular flexibility index (Phi) is 28.2. The van der Waals surface area contributed by atoms with Crippen molar-refractivity contribution in [2.24, 2.45) is 66.6 Å². The largest absolute Gasteiger partial charge is 0.481 e. The number of carboxylic acids is 2. The highest BCUT2D eigenvalue weighted by Gasteiger charge is 2.39. The molecule has 9 amide bonds. The van der Waals surface area contributed by atoms with Gasteiger partial charge in [-0.25, -0.2) is 4.79 Å². The van der Waals surface area contributed by atoms with E-state index >= 15 is 0 Å². The van der Waals surface area contributed by atoms with E-state index in [2.05, 4.69) is 46.9 Å². The molecule has 0 saturated carbocycles. The summed E-state index contributed by atoms with van der Waals surface area (Å²) in [6, 6.07) is -12.4. The molecule has 73 heavy (non-hydrogen) atoms. The molecule has 0 spiro atoms. The van der Waals surface area contributed by atoms with Crippen molar-refractivity contribution in [3.63, 3.8) is 0 Å². The van der Waals surface area contributed by atoms with Crippen LogP contribution in [0.1, 0.15) is 83.5 Å². The molecule has 1 aliphatic rings. The number of carboxylic acid groups (broad SMARTS) is 2. The summed E-state index contributed by atoms with van der Waals surface area (Å²) < 4.78 is 0. The van der Waals surface area contributed by atoms with Gasteiger partial charge >= 0.3 is 11.9 Å². The first-order chi connectivity index (χ1) is 34.3. The zero-order chi connectivity index (χ0) is 55.4. The highest BCUT2D eigenvalue weighted by molar-refractivity contribution is 5.98. The number of aliphatic hydroxyl groups is 1. The number of nitrogens with two attached hydrogens (primary N) is 9. The minimum Gasteiger partial charge on any atom is -0.481 e. The number of likely N-dealkylation sites (tertiary alicyclic amines) is 1. The predicted molar refractivity (Wildman–Crippen MR) is 258 cm³/mol. The van der Waals surface area contributed by atoms with E-state index in [1.807, 2.05) is 0 Å². The summed E-state index contributed by atoms with van der Waals surface area (Å²) in [5.74, 6) is -12.7. The molecule has 1 heterocycles. The smallest absolute Gasteiger partial charge is 0.326 e. The molecule has 8 atom stereocenters. The summed E-state index contributed by atoms with van der Waals surface area (Å²) in [7, 11) is 0. The van der Waals surface area contributed by atoms with E-state index in [0.29, 0.717) is 6.42 Å². The zero-order valence-electron chi connectivity index (χ0n) is 40.2. The van der Waals surface area contributed by atoms with Crippen molar-refractivity contribution in [1.82, 2.24) is 36.8 Å². The summed E-state index contributed by atoms with van der Waals surface area (Å²) >= 11 is 0. The van der Waals surface area contributed by atoms with Crippen molar-refractivity contribution in [3.05, 3.63) is 0 Å². The van der Waals surface area contributed by atoms with Gasteiger partial charge in [-0.3, -0.25) is 62.9 Å². The highest BCUT2D eigenvalue weighted by atomic mass is 16.4. The third-order valence-electron chi connectivity index (χ3n) is 10.7. The van der Waals surface area contributed by atoms with E-state index in [-0.39, 0.29) is 89.0 Å². The summed E-state index contributed by atoms with van der Waals surface area (Å²) in [6.07, 6.45) is -2.94. The van der Waals surface area contributed by atoms with Crippen molar-refractivity contribution in [3.8, 4) is 0 Å². The number of aliphatic carboxylic acids is 2. The SMILES string of the molecule is NC(=O)CC[C@H](NC(=O)[C@H](CCCN=C(N)N)NC(=O)[C@H](CO)NC(=O)[C@@H]1CCCN1C(=O)[C@@H](N)CC(N)=O)C(=O)N[C@@H](CCC(=O)O)C(=O)N[C@@H](CCCN=C(N)N)C(=O)N[C@@H](CCCN=C(N)N)C(=O)O. The molecule has 1 saturated heterocycles. The zero-order valence-corrected chi connectivity index (χ0v) is 40.2. The lowest BCUT2D eigenvalue weighted by Crippen LogP contribution is -2.60. The Bertz CT molecular complexity index is 2040. The van der Waals surface area contributed by atoms with Gasteiger partial charge in [-0.15, -0.1) is 0 Å². The Morgan fingerprint density at radius 1 is 0.521 bits per heavy atom. The van der Waals surface area contributed by atoms with E-state index in [0.717, 1.165) is 4.90 Å². The monoisotopic (exact) mass is 1040 g/mol. The quantitative estimate of drug-likeness (QED) is 0.0159. The number of aliphatic imine (C=N–C) groups is 3. The van der Waals surface area contributed by atoms with Gasteiger partial charge in [0.1, 0.15) is 42.3 Å². The number of hydrogen-bond acceptors (Lipinski definition) is 16. The number of rotatable bonds is 35. The Hall–Kier alpha value is -8.10. The third-order valence-corrected chi connectivity index (χ3v) is 10.7. The number of amides is 9. The normalized spacial score (nSPS) is 15.7. The summed E-state index contributed by atoms with van der Waals surface area (Å²) in [6.45, 7) is -1.06. The molecule has 27 N–H and O–H groups in total. The number of aliphatic hydroxyl groups excluding tert-OH is 1. The van der Waals surface area contributed by atoms with Crippen LogP contribution in [-0.4, -0.2) is 184 Å². The molecular weight excluding hydrogens is 971 g/mol. The molecular formula is C40H71N19O14. The number of carbonyl (C=O) groups is 11. The fraction of sp³-hybridized carbons (Fsp3) is 0.650. The van der Waals surface area contributed by atoms with Crippen LogP contribution in [0.2, 0.25) is 0 Å². The number of carbonyl (C=O) groups excluding carboxylic acids is 9. The molecule has 0 aromatic heterocycles. The van der Waals surface area contributed by atoms with Crippen molar-refractivity contribution in [2.75, 3.05) is 32.8 Å². The first-order valence-corrected chi connectivity index (χ1v) is 22.9. The predicted octanol–water partition coefficient (Wildman–Crippen LogP) is -9.54. The maximum atomic E-state index is 14.0. The molecule has 1 rings (SSSR count). The van der Waals surface area contributed by atoms with Crippen molar-refractivity contribution in [1.29, 1.82) is 0 Å². The number of guanidine groups is 3. The Morgan fingerprint density at radius 3 is 1.27 bits per heavy atom. The van der Waals surface area contributed by atoms with Crippen LogP contribution in [0, 0.1) is 0 Å². The maximum absolute atomic E-state index is 14.0. The highest BCUT2D eigenvalue weighted by Crippen LogP contribution is 2.19. The molecule has 0 aromatic rings. The van der Waals surface area contributed by atoms with Crippen LogP contribution < -0.4 is 83.5 Å². The summed E-state index contributed by atoms with van der Waals surface area (Å²) in [4.78, 5) is 155. The van der Waals surface area contributed by atoms with Crippen LogP contribution in [0.15, 0.2) is 15.0 Å². The molecule has 0 bridgehead atoms. The Morgan fingerprint density at radius 2 is 0.904 bits per heavy atom. The second-order valence-electron chi connectivity index (χ2n) is 16.6. The van der Waals surface area contributed by atoms with Crippen LogP contribution in [0.4, 0.5) is 0 Å². The van der Waals surface area contributed by atoms with Gasteiger partial charge < -0.3 is 104 Å². The van der Waals surface area contributed by atoms with Crippen molar-refractivity contribution >= 4 is 83.0 Å². The minimum atomic E-state index is -1.77. The Balaban J connectivity index is 3.49. The van der Waals surface area contributed by atoms with E-state index in [1.54, 1.807) is 0 Å². The molecule has 410 valence electrons. The minimum absolute atomic E-state index is 0.00141. The van der Waals surface area contributed by atoms with Gasteiger partial charge in [0.2, 0.25) is 53.2 Å². The van der Waals surface area contributed by atoms with Crippen LogP contribution in [0.3, 0.4) is 0 Å². The van der Waals surface area contributed by atoms with Gasteiger partial charge in [-0.05, 0) is 64.2 Å². The average Bonchev–Trinajstić information content (AvgIpc) is 3.80.